The first-order valence-electron chi connectivity index (χ1n) is 9.59. The van der Waals surface area contributed by atoms with E-state index in [0.717, 1.165) is 30.8 Å². The summed E-state index contributed by atoms with van der Waals surface area (Å²) in [7, 11) is 3.52. The minimum atomic E-state index is -0.267. The highest BCUT2D eigenvalue weighted by molar-refractivity contribution is 5.75. The van der Waals surface area contributed by atoms with Crippen LogP contribution in [0.5, 0.6) is 0 Å². The number of likely N-dealkylation sites (tertiary alicyclic amines) is 2. The Morgan fingerprint density at radius 1 is 1.25 bits per heavy atom. The predicted molar refractivity (Wildman–Crippen MR) is 106 cm³/mol. The van der Waals surface area contributed by atoms with Crippen LogP contribution in [0.25, 0.3) is 0 Å². The van der Waals surface area contributed by atoms with E-state index in [9.17, 15) is 9.18 Å². The average Bonchev–Trinajstić information content (AvgIpc) is 3.20. The maximum absolute atomic E-state index is 13.9. The Hall–Kier alpha value is -2.67. The first-order valence-corrected chi connectivity index (χ1v) is 9.59. The lowest BCUT2D eigenvalue weighted by Gasteiger charge is -2.32. The predicted octanol–water partition coefficient (Wildman–Crippen LogP) is 2.59. The molecule has 0 unspecified atom stereocenters. The van der Waals surface area contributed by atoms with E-state index in [1.54, 1.807) is 37.3 Å². The van der Waals surface area contributed by atoms with Gasteiger partial charge in [-0.25, -0.2) is 14.2 Å². The van der Waals surface area contributed by atoms with Crippen LogP contribution in [0.3, 0.4) is 0 Å². The van der Waals surface area contributed by atoms with Gasteiger partial charge in [-0.05, 0) is 29.7 Å². The second-order valence-corrected chi connectivity index (χ2v) is 7.99. The zero-order valence-corrected chi connectivity index (χ0v) is 16.3. The number of amides is 2. The van der Waals surface area contributed by atoms with Crippen LogP contribution < -0.4 is 5.73 Å². The number of nitrogens with two attached hydrogens (primary N) is 1. The van der Waals surface area contributed by atoms with Crippen molar-refractivity contribution in [2.75, 3.05) is 39.5 Å². The van der Waals surface area contributed by atoms with E-state index in [0.29, 0.717) is 18.3 Å². The number of urea groups is 1. The number of aromatic nitrogens is 1. The molecular weight excluding hydrogens is 357 g/mol. The van der Waals surface area contributed by atoms with Crippen molar-refractivity contribution < 1.29 is 9.18 Å². The Balaban J connectivity index is 1.58. The van der Waals surface area contributed by atoms with Crippen molar-refractivity contribution in [1.82, 2.24) is 19.7 Å². The number of anilines is 1. The van der Waals surface area contributed by atoms with Gasteiger partial charge in [0, 0.05) is 58.0 Å². The standard InChI is InChI=1S/C21H26FN5O/c1-25(2)21(28)27-12-16-11-26(10-15-6-4-8-24-20(15)23)13-18(16)19(27)14-5-3-7-17(22)9-14/h3-9,16,18-19H,10-13H2,1-2H3,(H2,23,24)/t16-,18-,19+/m1/s1. The van der Waals surface area contributed by atoms with Crippen LogP contribution in [0.2, 0.25) is 0 Å². The molecule has 0 bridgehead atoms. The molecule has 3 heterocycles. The highest BCUT2D eigenvalue weighted by Gasteiger charge is 2.49. The third-order valence-corrected chi connectivity index (χ3v) is 5.88. The van der Waals surface area contributed by atoms with Crippen LogP contribution in [-0.2, 0) is 6.54 Å². The Bertz CT molecular complexity index is 873. The number of nitrogen functional groups attached to an aromatic ring is 1. The SMILES string of the molecule is CN(C)C(=O)N1C[C@H]2CN(Cc3cccnc3N)C[C@H]2[C@@H]1c1cccc(F)c1. The van der Waals surface area contributed by atoms with Crippen LogP contribution in [0.1, 0.15) is 17.2 Å². The monoisotopic (exact) mass is 383 g/mol. The second kappa shape index (κ2) is 7.39. The van der Waals surface area contributed by atoms with E-state index < -0.39 is 0 Å². The van der Waals surface area contributed by atoms with Gasteiger partial charge >= 0.3 is 6.03 Å². The van der Waals surface area contributed by atoms with Crippen LogP contribution in [0.15, 0.2) is 42.6 Å². The smallest absolute Gasteiger partial charge is 0.320 e. The van der Waals surface area contributed by atoms with Gasteiger partial charge in [-0.15, -0.1) is 0 Å². The number of hydrogen-bond donors (Lipinski definition) is 1. The number of nitrogens with zero attached hydrogens (tertiary/aromatic N) is 4. The third-order valence-electron chi connectivity index (χ3n) is 5.88. The summed E-state index contributed by atoms with van der Waals surface area (Å²) < 4.78 is 13.9. The number of carbonyl (C=O) groups is 1. The maximum Gasteiger partial charge on any atom is 0.320 e. The number of carbonyl (C=O) groups excluding carboxylic acids is 1. The molecule has 2 aromatic rings. The molecule has 2 fully saturated rings. The molecule has 0 saturated carbocycles. The molecule has 6 nitrogen and oxygen atoms in total. The normalized spacial score (nSPS) is 24.4. The molecular formula is C21H26FN5O. The van der Waals surface area contributed by atoms with Gasteiger partial charge in [-0.3, -0.25) is 4.90 Å². The van der Waals surface area contributed by atoms with Crippen molar-refractivity contribution >= 4 is 11.8 Å². The Kier molecular flexibility index (Phi) is 4.93. The highest BCUT2D eigenvalue weighted by atomic mass is 19.1. The van der Waals surface area contributed by atoms with Gasteiger partial charge in [0.2, 0.25) is 0 Å². The summed E-state index contributed by atoms with van der Waals surface area (Å²) in [4.78, 5) is 22.8. The van der Waals surface area contributed by atoms with Crippen molar-refractivity contribution in [1.29, 1.82) is 0 Å². The van der Waals surface area contributed by atoms with Crippen molar-refractivity contribution in [2.24, 2.45) is 11.8 Å². The van der Waals surface area contributed by atoms with E-state index in [4.69, 9.17) is 5.73 Å². The fourth-order valence-electron chi connectivity index (χ4n) is 4.66. The number of pyridine rings is 1. The average molecular weight is 383 g/mol. The zero-order valence-electron chi connectivity index (χ0n) is 16.3. The number of hydrogen-bond acceptors (Lipinski definition) is 4. The lowest BCUT2D eigenvalue weighted by molar-refractivity contribution is 0.151. The molecule has 3 atom stereocenters. The van der Waals surface area contributed by atoms with Crippen molar-refractivity contribution in [3.8, 4) is 0 Å². The van der Waals surface area contributed by atoms with Gasteiger partial charge < -0.3 is 15.5 Å². The number of fused-ring (bicyclic) bond motifs is 1. The molecule has 2 aliphatic heterocycles. The summed E-state index contributed by atoms with van der Waals surface area (Å²) in [5.74, 6) is 0.917. The van der Waals surface area contributed by atoms with Crippen molar-refractivity contribution in [3.63, 3.8) is 0 Å². The minimum absolute atomic E-state index is 0.0216. The number of benzene rings is 1. The molecule has 2 amide bonds. The Labute approximate surface area is 164 Å². The lowest BCUT2D eigenvalue weighted by Crippen LogP contribution is -2.41. The minimum Gasteiger partial charge on any atom is -0.383 e. The van der Waals surface area contributed by atoms with Gasteiger partial charge in [-0.1, -0.05) is 18.2 Å². The molecule has 0 spiro atoms. The molecule has 4 rings (SSSR count). The molecule has 1 aromatic heterocycles. The largest absolute Gasteiger partial charge is 0.383 e. The second-order valence-electron chi connectivity index (χ2n) is 7.99. The Morgan fingerprint density at radius 3 is 2.79 bits per heavy atom. The summed E-state index contributed by atoms with van der Waals surface area (Å²) >= 11 is 0. The topological polar surface area (TPSA) is 65.7 Å². The molecule has 2 saturated heterocycles. The van der Waals surface area contributed by atoms with Crippen LogP contribution in [0.4, 0.5) is 15.0 Å². The highest BCUT2D eigenvalue weighted by Crippen LogP contribution is 2.45. The van der Waals surface area contributed by atoms with Crippen LogP contribution in [-0.4, -0.2) is 59.4 Å². The first-order chi connectivity index (χ1) is 13.4. The van der Waals surface area contributed by atoms with Crippen molar-refractivity contribution in [2.45, 2.75) is 12.6 Å². The summed E-state index contributed by atoms with van der Waals surface area (Å²) in [5.41, 5.74) is 7.89. The molecule has 1 aromatic carbocycles. The molecule has 7 heteroatoms. The van der Waals surface area contributed by atoms with E-state index in [2.05, 4.69) is 9.88 Å². The van der Waals surface area contributed by atoms with E-state index in [1.807, 2.05) is 23.1 Å². The van der Waals surface area contributed by atoms with Gasteiger partial charge in [-0.2, -0.15) is 0 Å². The Morgan fingerprint density at radius 2 is 2.07 bits per heavy atom. The summed E-state index contributed by atoms with van der Waals surface area (Å²) in [6.07, 6.45) is 1.70. The first kappa shape index (κ1) is 18.7. The van der Waals surface area contributed by atoms with Gasteiger partial charge in [0.25, 0.3) is 0 Å². The maximum atomic E-state index is 13.9. The molecule has 2 N–H and O–H groups in total. The molecule has 148 valence electrons. The third kappa shape index (κ3) is 3.42. The van der Waals surface area contributed by atoms with E-state index in [1.165, 1.54) is 6.07 Å². The number of rotatable bonds is 3. The fraction of sp³-hybridized carbons (Fsp3) is 0.429. The van der Waals surface area contributed by atoms with E-state index in [-0.39, 0.29) is 23.8 Å². The molecule has 0 aliphatic carbocycles. The molecule has 0 radical (unpaired) electrons. The summed E-state index contributed by atoms with van der Waals surface area (Å²) in [6, 6.07) is 10.4. The van der Waals surface area contributed by atoms with Gasteiger partial charge in [0.1, 0.15) is 11.6 Å². The van der Waals surface area contributed by atoms with Gasteiger partial charge in [0.05, 0.1) is 6.04 Å². The zero-order chi connectivity index (χ0) is 19.8. The van der Waals surface area contributed by atoms with Crippen LogP contribution in [0, 0.1) is 17.7 Å². The lowest BCUT2D eigenvalue weighted by atomic mass is 9.89. The molecule has 2 aliphatic rings. The quantitative estimate of drug-likeness (QED) is 0.885. The summed E-state index contributed by atoms with van der Waals surface area (Å²) in [5, 5.41) is 0. The van der Waals surface area contributed by atoms with Crippen LogP contribution >= 0.6 is 0 Å². The summed E-state index contributed by atoms with van der Waals surface area (Å²) in [6.45, 7) is 3.16. The van der Waals surface area contributed by atoms with Gasteiger partial charge in [0.15, 0.2) is 0 Å². The van der Waals surface area contributed by atoms with E-state index >= 15 is 0 Å². The fourth-order valence-corrected chi connectivity index (χ4v) is 4.66. The number of halogens is 1. The van der Waals surface area contributed by atoms with Crippen molar-refractivity contribution in [3.05, 3.63) is 59.5 Å². The molecule has 28 heavy (non-hydrogen) atoms.